The third-order valence-corrected chi connectivity index (χ3v) is 8.53. The monoisotopic (exact) mass is 566 g/mol. The van der Waals surface area contributed by atoms with Crippen LogP contribution in [-0.4, -0.2) is 110 Å². The molecular weight excluding hydrogens is 528 g/mol. The minimum atomic E-state index is -0.360. The molecule has 2 unspecified atom stereocenters. The van der Waals surface area contributed by atoms with E-state index >= 15 is 0 Å². The van der Waals surface area contributed by atoms with Gasteiger partial charge in [-0.3, -0.25) is 4.79 Å². The van der Waals surface area contributed by atoms with Crippen LogP contribution in [-0.2, 0) is 14.3 Å². The first kappa shape index (κ1) is 27.5. The highest BCUT2D eigenvalue weighted by molar-refractivity contribution is 5.94. The average molecular weight is 567 g/mol. The van der Waals surface area contributed by atoms with Crippen LogP contribution in [0.1, 0.15) is 63.9 Å². The van der Waals surface area contributed by atoms with Crippen molar-refractivity contribution < 1.29 is 24.2 Å². The van der Waals surface area contributed by atoms with E-state index in [2.05, 4.69) is 41.4 Å². The molecule has 0 spiro atoms. The Bertz CT molecular complexity index is 1330. The third-order valence-electron chi connectivity index (χ3n) is 8.53. The number of amides is 2. The second-order valence-corrected chi connectivity index (χ2v) is 11.7. The minimum Gasteiger partial charge on any atom is -0.442 e. The number of rotatable bonds is 6. The number of nitrogens with one attached hydrogen (secondary N) is 2. The third kappa shape index (κ3) is 5.76. The van der Waals surface area contributed by atoms with Crippen molar-refractivity contribution in [2.24, 2.45) is 0 Å². The van der Waals surface area contributed by atoms with E-state index in [1.807, 2.05) is 11.1 Å². The van der Waals surface area contributed by atoms with Crippen molar-refractivity contribution in [3.63, 3.8) is 0 Å². The summed E-state index contributed by atoms with van der Waals surface area (Å²) in [4.78, 5) is 38.1. The second kappa shape index (κ2) is 11.7. The number of aliphatic hydroxyl groups is 1. The number of fused-ring (bicyclic) bond motifs is 3. The van der Waals surface area contributed by atoms with Gasteiger partial charge in [0.15, 0.2) is 5.65 Å². The van der Waals surface area contributed by atoms with Crippen molar-refractivity contribution in [1.29, 1.82) is 0 Å². The minimum absolute atomic E-state index is 0.0768. The summed E-state index contributed by atoms with van der Waals surface area (Å²) in [7, 11) is 0. The molecule has 0 saturated carbocycles. The van der Waals surface area contributed by atoms with Crippen LogP contribution in [0.2, 0.25) is 0 Å². The summed E-state index contributed by atoms with van der Waals surface area (Å²) in [5.74, 6) is 5.87. The highest BCUT2D eigenvalue weighted by Crippen LogP contribution is 2.38. The SMILES string of the molecule is CC(C)c1cnn2c(NC3CC4CCC(C3)N4C(=O)OC3CN(C(=O)C#CCO)C3)nc(NC3CCOCC3)nc12. The van der Waals surface area contributed by atoms with E-state index in [4.69, 9.17) is 24.5 Å². The summed E-state index contributed by atoms with van der Waals surface area (Å²) in [6.07, 6.45) is 6.48. The predicted molar refractivity (Wildman–Crippen MR) is 149 cm³/mol. The topological polar surface area (TPSA) is 146 Å². The van der Waals surface area contributed by atoms with Gasteiger partial charge < -0.3 is 35.0 Å². The molecule has 6 rings (SSSR count). The number of hydrogen-bond donors (Lipinski definition) is 3. The number of ether oxygens (including phenoxy) is 2. The van der Waals surface area contributed by atoms with E-state index in [1.54, 1.807) is 4.52 Å². The van der Waals surface area contributed by atoms with Gasteiger partial charge in [-0.25, -0.2) is 4.79 Å². The molecule has 4 aliphatic rings. The first-order valence-corrected chi connectivity index (χ1v) is 14.6. The summed E-state index contributed by atoms with van der Waals surface area (Å²) in [5.41, 5.74) is 1.87. The molecule has 0 aliphatic carbocycles. The molecule has 41 heavy (non-hydrogen) atoms. The Labute approximate surface area is 239 Å². The van der Waals surface area contributed by atoms with Crippen LogP contribution in [0.25, 0.3) is 5.65 Å². The fourth-order valence-corrected chi connectivity index (χ4v) is 6.34. The van der Waals surface area contributed by atoms with Gasteiger partial charge in [-0.1, -0.05) is 19.8 Å². The molecule has 4 fully saturated rings. The molecule has 2 aromatic heterocycles. The Hall–Kier alpha value is -3.63. The number of hydrogen-bond acceptors (Lipinski definition) is 10. The van der Waals surface area contributed by atoms with Gasteiger partial charge in [0.25, 0.3) is 5.91 Å². The number of carbonyl (C=O) groups is 2. The Balaban J connectivity index is 1.11. The van der Waals surface area contributed by atoms with E-state index in [0.717, 1.165) is 62.9 Å². The zero-order valence-corrected chi connectivity index (χ0v) is 23.6. The van der Waals surface area contributed by atoms with Gasteiger partial charge in [-0.15, -0.1) is 0 Å². The number of nitrogens with zero attached hydrogens (tertiary/aromatic N) is 6. The number of likely N-dealkylation sites (tertiary alicyclic amines) is 1. The lowest BCUT2D eigenvalue weighted by molar-refractivity contribution is -0.135. The zero-order valence-electron chi connectivity index (χ0n) is 23.6. The van der Waals surface area contributed by atoms with Crippen molar-refractivity contribution in [3.8, 4) is 11.8 Å². The van der Waals surface area contributed by atoms with Gasteiger partial charge >= 0.3 is 6.09 Å². The number of aromatic nitrogens is 4. The Morgan fingerprint density at radius 3 is 2.51 bits per heavy atom. The molecule has 3 N–H and O–H groups in total. The Morgan fingerprint density at radius 1 is 1.10 bits per heavy atom. The lowest BCUT2D eigenvalue weighted by atomic mass is 9.98. The molecule has 2 aromatic rings. The summed E-state index contributed by atoms with van der Waals surface area (Å²) < 4.78 is 13.0. The van der Waals surface area contributed by atoms with Crippen molar-refractivity contribution in [1.82, 2.24) is 29.4 Å². The van der Waals surface area contributed by atoms with E-state index < -0.39 is 0 Å². The summed E-state index contributed by atoms with van der Waals surface area (Å²) in [6, 6.07) is 0.545. The summed E-state index contributed by atoms with van der Waals surface area (Å²) >= 11 is 0. The van der Waals surface area contributed by atoms with Gasteiger partial charge in [-0.2, -0.15) is 19.6 Å². The largest absolute Gasteiger partial charge is 0.442 e. The molecule has 4 saturated heterocycles. The van der Waals surface area contributed by atoms with E-state index in [0.29, 0.717) is 25.0 Å². The van der Waals surface area contributed by atoms with Gasteiger partial charge in [0.2, 0.25) is 11.9 Å². The van der Waals surface area contributed by atoms with Crippen LogP contribution >= 0.6 is 0 Å². The fraction of sp³-hybridized carbons (Fsp3) is 0.679. The van der Waals surface area contributed by atoms with Crippen LogP contribution in [0.5, 0.6) is 0 Å². The van der Waals surface area contributed by atoms with Crippen molar-refractivity contribution >= 4 is 29.5 Å². The highest BCUT2D eigenvalue weighted by Gasteiger charge is 2.46. The standard InChI is InChI=1S/C28H38N8O5/c1-17(2)23-14-29-36-25(23)32-26(30-18-7-10-40-11-8-18)33-27(36)31-19-12-20-5-6-21(13-19)35(20)28(39)41-22-15-34(16-22)24(38)4-3-9-37/h14,17-22,37H,5-13,15-16H2,1-2H3,(H2,30,31,32,33). The molecule has 13 heteroatoms. The van der Waals surface area contributed by atoms with Gasteiger partial charge in [-0.05, 0) is 50.4 Å². The van der Waals surface area contributed by atoms with Crippen LogP contribution in [0, 0.1) is 11.8 Å². The van der Waals surface area contributed by atoms with Crippen LogP contribution in [0.15, 0.2) is 6.20 Å². The molecular formula is C28H38N8O5. The maximum absolute atomic E-state index is 13.1. The Morgan fingerprint density at radius 2 is 1.83 bits per heavy atom. The summed E-state index contributed by atoms with van der Waals surface area (Å²) in [5, 5.41) is 20.5. The first-order valence-electron chi connectivity index (χ1n) is 14.6. The molecule has 2 atom stereocenters. The van der Waals surface area contributed by atoms with Crippen LogP contribution in [0.4, 0.5) is 16.7 Å². The quantitative estimate of drug-likeness (QED) is 0.441. The maximum Gasteiger partial charge on any atom is 0.410 e. The molecule has 2 amide bonds. The van der Waals surface area contributed by atoms with Gasteiger partial charge in [0.05, 0.1) is 19.3 Å². The van der Waals surface area contributed by atoms with Crippen molar-refractivity contribution in [3.05, 3.63) is 11.8 Å². The van der Waals surface area contributed by atoms with Crippen LogP contribution in [0.3, 0.4) is 0 Å². The Kier molecular flexibility index (Phi) is 7.86. The predicted octanol–water partition coefficient (Wildman–Crippen LogP) is 1.59. The number of aliphatic hydroxyl groups excluding tert-OH is 1. The summed E-state index contributed by atoms with van der Waals surface area (Å²) in [6.45, 7) is 6.03. The molecule has 220 valence electrons. The molecule has 4 aliphatic heterocycles. The molecule has 13 nitrogen and oxygen atoms in total. The molecule has 0 radical (unpaired) electrons. The van der Waals surface area contributed by atoms with Crippen molar-refractivity contribution in [2.45, 2.75) is 88.6 Å². The lowest BCUT2D eigenvalue weighted by Crippen LogP contribution is -2.57. The van der Waals surface area contributed by atoms with Gasteiger partial charge in [0, 0.05) is 42.9 Å². The number of anilines is 2. The van der Waals surface area contributed by atoms with Crippen LogP contribution < -0.4 is 10.6 Å². The number of carbonyl (C=O) groups excluding carboxylic acids is 2. The number of piperidine rings is 1. The molecule has 0 aromatic carbocycles. The fourth-order valence-electron chi connectivity index (χ4n) is 6.34. The van der Waals surface area contributed by atoms with E-state index in [-0.39, 0.29) is 54.8 Å². The van der Waals surface area contributed by atoms with E-state index in [9.17, 15) is 9.59 Å². The second-order valence-electron chi connectivity index (χ2n) is 11.7. The first-order chi connectivity index (χ1) is 19.9. The maximum atomic E-state index is 13.1. The zero-order chi connectivity index (χ0) is 28.5. The molecule has 6 heterocycles. The smallest absolute Gasteiger partial charge is 0.410 e. The lowest BCUT2D eigenvalue weighted by Gasteiger charge is -2.42. The van der Waals surface area contributed by atoms with E-state index in [1.165, 1.54) is 4.90 Å². The highest BCUT2D eigenvalue weighted by atomic mass is 16.6. The normalized spacial score (nSPS) is 24.6. The van der Waals surface area contributed by atoms with Crippen molar-refractivity contribution in [2.75, 3.05) is 43.5 Å². The average Bonchev–Trinajstić information content (AvgIpc) is 3.48. The van der Waals surface area contributed by atoms with Gasteiger partial charge in [0.1, 0.15) is 12.7 Å². The molecule has 2 bridgehead atoms.